The molecule has 20 heavy (non-hydrogen) atoms. The highest BCUT2D eigenvalue weighted by Crippen LogP contribution is 2.17. The Morgan fingerprint density at radius 1 is 1.55 bits per heavy atom. The van der Waals surface area contributed by atoms with E-state index in [0.29, 0.717) is 17.9 Å². The van der Waals surface area contributed by atoms with E-state index in [-0.39, 0.29) is 5.91 Å². The van der Waals surface area contributed by atoms with Gasteiger partial charge in [0.1, 0.15) is 5.75 Å². The lowest BCUT2D eigenvalue weighted by Crippen LogP contribution is -2.29. The number of hydrogen-bond donors (Lipinski definition) is 2. The minimum atomic E-state index is -0.333. The van der Waals surface area contributed by atoms with Gasteiger partial charge in [-0.1, -0.05) is 6.07 Å². The van der Waals surface area contributed by atoms with Crippen molar-refractivity contribution < 1.29 is 9.53 Å². The van der Waals surface area contributed by atoms with Crippen LogP contribution in [0.3, 0.4) is 0 Å². The number of hydrazine groups is 1. The van der Waals surface area contributed by atoms with Crippen molar-refractivity contribution in [3.8, 4) is 5.75 Å². The van der Waals surface area contributed by atoms with Crippen molar-refractivity contribution in [3.05, 3.63) is 42.2 Å². The minimum Gasteiger partial charge on any atom is -0.493 e. The Labute approximate surface area is 121 Å². The normalized spacial score (nSPS) is 10.3. The van der Waals surface area contributed by atoms with Crippen LogP contribution in [0.15, 0.2) is 41.6 Å². The highest BCUT2D eigenvalue weighted by molar-refractivity contribution is 7.99. The maximum Gasteiger partial charge on any atom is 0.265 e. The molecule has 0 saturated heterocycles. The molecule has 0 aliphatic heterocycles. The molecule has 7 heteroatoms. The number of thioether (sulfide) groups is 1. The number of ether oxygens (including phenoxy) is 1. The molecule has 0 fully saturated rings. The quantitative estimate of drug-likeness (QED) is 0.275. The molecule has 2 aromatic rings. The van der Waals surface area contributed by atoms with E-state index in [1.165, 1.54) is 0 Å². The van der Waals surface area contributed by atoms with Crippen LogP contribution in [0.25, 0.3) is 0 Å². The van der Waals surface area contributed by atoms with E-state index in [9.17, 15) is 4.79 Å². The van der Waals surface area contributed by atoms with Gasteiger partial charge >= 0.3 is 0 Å². The highest BCUT2D eigenvalue weighted by Gasteiger charge is 2.04. The Hall–Kier alpha value is -1.99. The number of carbonyl (C=O) groups excluding carboxylic acids is 1. The predicted octanol–water partition coefficient (Wildman–Crippen LogP) is 1.19. The molecule has 0 aliphatic carbocycles. The first kappa shape index (κ1) is 14.4. The largest absolute Gasteiger partial charge is 0.493 e. The second kappa shape index (κ2) is 6.97. The third-order valence-corrected chi connectivity index (χ3v) is 3.44. The van der Waals surface area contributed by atoms with Gasteiger partial charge in [0.25, 0.3) is 5.91 Å². The molecule has 0 atom stereocenters. The van der Waals surface area contributed by atoms with Crippen LogP contribution in [0, 0.1) is 0 Å². The number of nitrogens with zero attached hydrogens (tertiary/aromatic N) is 2. The topological polar surface area (TPSA) is 82.2 Å². The lowest BCUT2D eigenvalue weighted by atomic mass is 10.2. The maximum absolute atomic E-state index is 11.4. The molecule has 1 amide bonds. The summed E-state index contributed by atoms with van der Waals surface area (Å²) in [6, 6.07) is 6.91. The summed E-state index contributed by atoms with van der Waals surface area (Å²) in [5.41, 5.74) is 2.57. The maximum atomic E-state index is 11.4. The van der Waals surface area contributed by atoms with Gasteiger partial charge in [0.2, 0.25) is 0 Å². The molecule has 2 rings (SSSR count). The van der Waals surface area contributed by atoms with E-state index in [1.807, 2.05) is 25.5 Å². The van der Waals surface area contributed by atoms with Crippen molar-refractivity contribution in [3.63, 3.8) is 0 Å². The summed E-state index contributed by atoms with van der Waals surface area (Å²) in [6.45, 7) is 0.549. The minimum absolute atomic E-state index is 0.333. The van der Waals surface area contributed by atoms with Crippen molar-refractivity contribution in [1.82, 2.24) is 15.2 Å². The van der Waals surface area contributed by atoms with Crippen LogP contribution in [-0.2, 0) is 7.05 Å². The van der Waals surface area contributed by atoms with Crippen LogP contribution < -0.4 is 16.0 Å². The Bertz CT molecular complexity index is 585. The zero-order valence-corrected chi connectivity index (χ0v) is 11.9. The van der Waals surface area contributed by atoms with E-state index in [0.717, 1.165) is 10.6 Å². The van der Waals surface area contributed by atoms with Crippen molar-refractivity contribution in [2.45, 2.75) is 4.90 Å². The van der Waals surface area contributed by atoms with Crippen LogP contribution in [0.5, 0.6) is 5.75 Å². The molecule has 6 nitrogen and oxygen atoms in total. The number of benzene rings is 1. The van der Waals surface area contributed by atoms with E-state index in [1.54, 1.807) is 34.6 Å². The average molecular weight is 292 g/mol. The molecule has 0 bridgehead atoms. The van der Waals surface area contributed by atoms with Gasteiger partial charge in [-0.05, 0) is 18.2 Å². The van der Waals surface area contributed by atoms with Gasteiger partial charge in [-0.25, -0.2) is 5.84 Å². The van der Waals surface area contributed by atoms with E-state index >= 15 is 0 Å². The lowest BCUT2D eigenvalue weighted by Gasteiger charge is -2.07. The number of aromatic nitrogens is 2. The summed E-state index contributed by atoms with van der Waals surface area (Å²) in [5, 5.41) is 4.09. The molecule has 3 N–H and O–H groups in total. The molecule has 106 valence electrons. The Kier molecular flexibility index (Phi) is 5.03. The SMILES string of the molecule is Cn1cc(SCCOc2cccc(C(=O)NN)c2)cn1. The number of carbonyl (C=O) groups is 1. The second-order valence-corrected chi connectivity index (χ2v) is 5.22. The van der Waals surface area contributed by atoms with Gasteiger partial charge in [-0.2, -0.15) is 5.10 Å². The first-order chi connectivity index (χ1) is 9.69. The zero-order chi connectivity index (χ0) is 14.4. The fraction of sp³-hybridized carbons (Fsp3) is 0.231. The summed E-state index contributed by atoms with van der Waals surface area (Å²) in [6.07, 6.45) is 3.77. The van der Waals surface area contributed by atoms with Gasteiger partial charge in [0.15, 0.2) is 0 Å². The molecule has 1 aromatic heterocycles. The van der Waals surface area contributed by atoms with Crippen LogP contribution >= 0.6 is 11.8 Å². The molecular weight excluding hydrogens is 276 g/mol. The molecule has 0 spiro atoms. The molecular formula is C13H16N4O2S. The van der Waals surface area contributed by atoms with Gasteiger partial charge in [0.05, 0.1) is 12.8 Å². The van der Waals surface area contributed by atoms with Crippen molar-refractivity contribution >= 4 is 17.7 Å². The van der Waals surface area contributed by atoms with Crippen molar-refractivity contribution in [2.75, 3.05) is 12.4 Å². The van der Waals surface area contributed by atoms with Gasteiger partial charge < -0.3 is 4.74 Å². The smallest absolute Gasteiger partial charge is 0.265 e. The number of nitrogens with one attached hydrogen (secondary N) is 1. The Morgan fingerprint density at radius 2 is 2.40 bits per heavy atom. The molecule has 1 heterocycles. The van der Waals surface area contributed by atoms with Gasteiger partial charge in [0, 0.05) is 29.5 Å². The van der Waals surface area contributed by atoms with Crippen LogP contribution in [-0.4, -0.2) is 28.0 Å². The van der Waals surface area contributed by atoms with Crippen LogP contribution in [0.2, 0.25) is 0 Å². The second-order valence-electron chi connectivity index (χ2n) is 4.05. The number of nitrogen functional groups attached to an aromatic ring is 1. The summed E-state index contributed by atoms with van der Waals surface area (Å²) in [5.74, 6) is 6.21. The molecule has 1 aromatic carbocycles. The van der Waals surface area contributed by atoms with Crippen LogP contribution in [0.4, 0.5) is 0 Å². The van der Waals surface area contributed by atoms with Crippen molar-refractivity contribution in [2.24, 2.45) is 12.9 Å². The zero-order valence-electron chi connectivity index (χ0n) is 11.1. The highest BCUT2D eigenvalue weighted by atomic mass is 32.2. The standard InChI is InChI=1S/C13H16N4O2S/c1-17-9-12(8-15-17)20-6-5-19-11-4-2-3-10(7-11)13(18)16-14/h2-4,7-9H,5-6,14H2,1H3,(H,16,18). The Morgan fingerprint density at radius 3 is 3.10 bits per heavy atom. The molecule has 0 radical (unpaired) electrons. The number of hydrogen-bond acceptors (Lipinski definition) is 5. The van der Waals surface area contributed by atoms with E-state index in [2.05, 4.69) is 10.5 Å². The van der Waals surface area contributed by atoms with Gasteiger partial charge in [-0.3, -0.25) is 14.9 Å². The first-order valence-electron chi connectivity index (χ1n) is 6.04. The third kappa shape index (κ3) is 4.01. The fourth-order valence-electron chi connectivity index (χ4n) is 1.60. The van der Waals surface area contributed by atoms with E-state index < -0.39 is 0 Å². The summed E-state index contributed by atoms with van der Waals surface area (Å²) in [4.78, 5) is 12.5. The third-order valence-electron chi connectivity index (χ3n) is 2.53. The lowest BCUT2D eigenvalue weighted by molar-refractivity contribution is 0.0953. The Balaban J connectivity index is 1.80. The summed E-state index contributed by atoms with van der Waals surface area (Å²) >= 11 is 1.67. The molecule has 0 aliphatic rings. The van der Waals surface area contributed by atoms with Crippen molar-refractivity contribution in [1.29, 1.82) is 0 Å². The number of nitrogens with two attached hydrogens (primary N) is 1. The summed E-state index contributed by atoms with van der Waals surface area (Å²) in [7, 11) is 1.88. The fourth-order valence-corrected chi connectivity index (χ4v) is 2.35. The number of amides is 1. The van der Waals surface area contributed by atoms with E-state index in [4.69, 9.17) is 10.6 Å². The molecule has 0 unspecified atom stereocenters. The predicted molar refractivity (Wildman–Crippen MR) is 77.5 cm³/mol. The first-order valence-corrected chi connectivity index (χ1v) is 7.03. The summed E-state index contributed by atoms with van der Waals surface area (Å²) < 4.78 is 7.36. The average Bonchev–Trinajstić information content (AvgIpc) is 2.88. The number of aryl methyl sites for hydroxylation is 1. The van der Waals surface area contributed by atoms with Gasteiger partial charge in [-0.15, -0.1) is 11.8 Å². The number of rotatable bonds is 6. The monoisotopic (exact) mass is 292 g/mol. The molecule has 0 saturated carbocycles. The van der Waals surface area contributed by atoms with Crippen LogP contribution in [0.1, 0.15) is 10.4 Å².